The minimum atomic E-state index is 0.826. The van der Waals surface area contributed by atoms with Crippen molar-refractivity contribution in [3.05, 3.63) is 90.4 Å². The van der Waals surface area contributed by atoms with E-state index in [4.69, 9.17) is 14.8 Å². The van der Waals surface area contributed by atoms with Crippen molar-refractivity contribution in [1.82, 2.24) is 19.2 Å². The highest BCUT2D eigenvalue weighted by molar-refractivity contribution is 5.82. The summed E-state index contributed by atoms with van der Waals surface area (Å²) in [6.45, 7) is 4.13. The fourth-order valence-electron chi connectivity index (χ4n) is 3.76. The molecule has 0 N–H and O–H groups in total. The van der Waals surface area contributed by atoms with Gasteiger partial charge >= 0.3 is 0 Å². The quantitative estimate of drug-likeness (QED) is 0.405. The second-order valence-electron chi connectivity index (χ2n) is 7.38. The molecule has 0 atom stereocenters. The lowest BCUT2D eigenvalue weighted by molar-refractivity contribution is 0.415. The van der Waals surface area contributed by atoms with E-state index < -0.39 is 0 Å². The first-order valence-electron chi connectivity index (χ1n) is 9.89. The van der Waals surface area contributed by atoms with Gasteiger partial charge in [0.25, 0.3) is 0 Å². The van der Waals surface area contributed by atoms with E-state index in [-0.39, 0.29) is 0 Å². The van der Waals surface area contributed by atoms with Crippen LogP contribution in [0.25, 0.3) is 33.8 Å². The lowest BCUT2D eigenvalue weighted by Gasteiger charge is -2.11. The normalized spacial score (nSPS) is 11.2. The maximum absolute atomic E-state index is 5.33. The average molecular weight is 394 g/mol. The molecule has 0 spiro atoms. The van der Waals surface area contributed by atoms with Gasteiger partial charge in [0.2, 0.25) is 0 Å². The summed E-state index contributed by atoms with van der Waals surface area (Å²) in [6.07, 6.45) is 4.01. The molecule has 0 amide bonds. The summed E-state index contributed by atoms with van der Waals surface area (Å²) in [5.74, 6) is 1.68. The number of benzene rings is 2. The molecule has 0 unspecified atom stereocenters. The summed E-state index contributed by atoms with van der Waals surface area (Å²) in [7, 11) is 1.68. The molecule has 30 heavy (non-hydrogen) atoms. The van der Waals surface area contributed by atoms with Crippen LogP contribution in [-0.2, 0) is 0 Å². The molecule has 0 saturated carbocycles. The van der Waals surface area contributed by atoms with Gasteiger partial charge in [-0.3, -0.25) is 0 Å². The zero-order valence-electron chi connectivity index (χ0n) is 17.2. The van der Waals surface area contributed by atoms with Crippen LogP contribution < -0.4 is 4.74 Å². The zero-order chi connectivity index (χ0) is 20.7. The molecular formula is C25H22N4O. The van der Waals surface area contributed by atoms with Gasteiger partial charge in [-0.15, -0.1) is 0 Å². The van der Waals surface area contributed by atoms with Crippen molar-refractivity contribution in [3.63, 3.8) is 0 Å². The van der Waals surface area contributed by atoms with Gasteiger partial charge in [0.05, 0.1) is 18.5 Å². The third-order valence-electron chi connectivity index (χ3n) is 5.35. The number of methoxy groups -OCH3 is 1. The fourth-order valence-corrected chi connectivity index (χ4v) is 3.76. The van der Waals surface area contributed by atoms with Crippen molar-refractivity contribution in [2.45, 2.75) is 13.8 Å². The number of fused-ring (bicyclic) bond motifs is 1. The Hall–Kier alpha value is -3.86. The molecule has 5 aromatic rings. The molecule has 0 saturated heterocycles. The van der Waals surface area contributed by atoms with Crippen LogP contribution >= 0.6 is 0 Å². The van der Waals surface area contributed by atoms with Crippen LogP contribution in [-0.4, -0.2) is 26.3 Å². The first-order valence-corrected chi connectivity index (χ1v) is 9.89. The predicted molar refractivity (Wildman–Crippen MR) is 119 cm³/mol. The number of rotatable bonds is 4. The van der Waals surface area contributed by atoms with Gasteiger partial charge in [-0.05, 0) is 55.8 Å². The Kier molecular flexibility index (Phi) is 4.36. The van der Waals surface area contributed by atoms with Crippen molar-refractivity contribution in [2.75, 3.05) is 7.11 Å². The van der Waals surface area contributed by atoms with Crippen molar-refractivity contribution in [2.24, 2.45) is 0 Å². The Balaban J connectivity index is 1.80. The summed E-state index contributed by atoms with van der Waals surface area (Å²) >= 11 is 0. The molecule has 0 fully saturated rings. The number of hydrogen-bond donors (Lipinski definition) is 0. The van der Waals surface area contributed by atoms with Crippen molar-refractivity contribution in [1.29, 1.82) is 0 Å². The van der Waals surface area contributed by atoms with Crippen LogP contribution in [0.4, 0.5) is 0 Å². The summed E-state index contributed by atoms with van der Waals surface area (Å²) in [5, 5.41) is 4.87. The maximum atomic E-state index is 5.33. The van der Waals surface area contributed by atoms with Crippen LogP contribution in [0.1, 0.15) is 11.3 Å². The van der Waals surface area contributed by atoms with E-state index in [9.17, 15) is 0 Å². The molecule has 0 aliphatic heterocycles. The standard InChI is InChI=1S/C25H22N4O/c1-17-6-8-20(9-7-17)24-18(2)27-29-22(19-10-12-21(30-3)13-11-19)16-23(26-25(24)29)28-14-4-5-15-28/h4-16H,1-3H3. The topological polar surface area (TPSA) is 44.3 Å². The minimum absolute atomic E-state index is 0.826. The van der Waals surface area contributed by atoms with Gasteiger partial charge in [-0.2, -0.15) is 5.10 Å². The van der Waals surface area contributed by atoms with Crippen LogP contribution in [0.2, 0.25) is 0 Å². The van der Waals surface area contributed by atoms with Gasteiger partial charge in [-0.25, -0.2) is 9.50 Å². The SMILES string of the molecule is COc1ccc(-c2cc(-n3cccc3)nc3c(-c4ccc(C)cc4)c(C)nn23)cc1. The van der Waals surface area contributed by atoms with Crippen LogP contribution in [0.3, 0.4) is 0 Å². The molecule has 3 aromatic heterocycles. The first kappa shape index (κ1) is 18.2. The second kappa shape index (κ2) is 7.19. The molecule has 0 radical (unpaired) electrons. The fraction of sp³-hybridized carbons (Fsp3) is 0.120. The minimum Gasteiger partial charge on any atom is -0.497 e. The predicted octanol–water partition coefficient (Wildman–Crippen LogP) is 5.48. The molecule has 148 valence electrons. The van der Waals surface area contributed by atoms with E-state index in [1.807, 2.05) is 52.7 Å². The number of nitrogens with zero attached hydrogens (tertiary/aromatic N) is 4. The van der Waals surface area contributed by atoms with Gasteiger partial charge in [0, 0.05) is 29.6 Å². The van der Waals surface area contributed by atoms with Gasteiger partial charge < -0.3 is 9.30 Å². The molecule has 5 heteroatoms. The van der Waals surface area contributed by atoms with Crippen molar-refractivity contribution < 1.29 is 4.74 Å². The number of hydrogen-bond acceptors (Lipinski definition) is 3. The molecule has 3 heterocycles. The summed E-state index contributed by atoms with van der Waals surface area (Å²) in [4.78, 5) is 5.00. The van der Waals surface area contributed by atoms with E-state index >= 15 is 0 Å². The van der Waals surface area contributed by atoms with Gasteiger partial charge in [-0.1, -0.05) is 29.8 Å². The molecule has 0 aliphatic carbocycles. The molecule has 5 rings (SSSR count). The van der Waals surface area contributed by atoms with E-state index in [0.29, 0.717) is 0 Å². The van der Waals surface area contributed by atoms with Crippen molar-refractivity contribution >= 4 is 5.65 Å². The highest BCUT2D eigenvalue weighted by atomic mass is 16.5. The first-order chi connectivity index (χ1) is 14.6. The lowest BCUT2D eigenvalue weighted by Crippen LogP contribution is -2.02. The van der Waals surface area contributed by atoms with E-state index in [1.165, 1.54) is 5.56 Å². The Morgan fingerprint density at radius 2 is 1.50 bits per heavy atom. The van der Waals surface area contributed by atoms with E-state index in [2.05, 4.69) is 49.4 Å². The van der Waals surface area contributed by atoms with Crippen LogP contribution in [0, 0.1) is 13.8 Å². The van der Waals surface area contributed by atoms with Crippen LogP contribution in [0.5, 0.6) is 5.75 Å². The summed E-state index contributed by atoms with van der Waals surface area (Å²) in [5.41, 5.74) is 7.22. The molecule has 0 aliphatic rings. The second-order valence-corrected chi connectivity index (χ2v) is 7.38. The van der Waals surface area contributed by atoms with Gasteiger partial charge in [0.1, 0.15) is 11.6 Å². The Bertz CT molecular complexity index is 1310. The highest BCUT2D eigenvalue weighted by Gasteiger charge is 2.18. The third kappa shape index (κ3) is 3.05. The average Bonchev–Trinajstić information content (AvgIpc) is 3.41. The highest BCUT2D eigenvalue weighted by Crippen LogP contribution is 2.32. The number of aromatic nitrogens is 4. The zero-order valence-corrected chi connectivity index (χ0v) is 17.2. The van der Waals surface area contributed by atoms with Crippen molar-refractivity contribution in [3.8, 4) is 34.0 Å². The molecule has 5 nitrogen and oxygen atoms in total. The number of aryl methyl sites for hydroxylation is 2. The third-order valence-corrected chi connectivity index (χ3v) is 5.35. The summed E-state index contributed by atoms with van der Waals surface area (Å²) < 4.78 is 9.29. The Morgan fingerprint density at radius 1 is 0.833 bits per heavy atom. The molecule has 2 aromatic carbocycles. The summed E-state index contributed by atoms with van der Waals surface area (Å²) in [6, 6.07) is 22.6. The maximum Gasteiger partial charge on any atom is 0.166 e. The largest absolute Gasteiger partial charge is 0.497 e. The number of ether oxygens (including phenoxy) is 1. The molecule has 0 bridgehead atoms. The molecular weight excluding hydrogens is 372 g/mol. The van der Waals surface area contributed by atoms with Gasteiger partial charge in [0.15, 0.2) is 5.65 Å². The Morgan fingerprint density at radius 3 is 2.17 bits per heavy atom. The lowest BCUT2D eigenvalue weighted by atomic mass is 10.0. The van der Waals surface area contributed by atoms with E-state index in [0.717, 1.165) is 45.3 Å². The monoisotopic (exact) mass is 394 g/mol. The van der Waals surface area contributed by atoms with E-state index in [1.54, 1.807) is 7.11 Å². The van der Waals surface area contributed by atoms with Crippen LogP contribution in [0.15, 0.2) is 79.1 Å². The smallest absolute Gasteiger partial charge is 0.166 e. The Labute approximate surface area is 175 Å².